The van der Waals surface area contributed by atoms with Crippen molar-refractivity contribution >= 4 is 5.78 Å². The van der Waals surface area contributed by atoms with Gasteiger partial charge in [-0.1, -0.05) is 26.2 Å². The lowest BCUT2D eigenvalue weighted by atomic mass is 9.48. The highest BCUT2D eigenvalue weighted by Gasteiger charge is 2.58. The molecule has 22 heavy (non-hydrogen) atoms. The second-order valence-corrected chi connectivity index (χ2v) is 9.09. The Morgan fingerprint density at radius 3 is 2.50 bits per heavy atom. The molecular formula is C21H34O. The molecule has 1 nitrogen and oxygen atoms in total. The fourth-order valence-electron chi connectivity index (χ4n) is 7.93. The molecule has 0 spiro atoms. The Bertz CT molecular complexity index is 441. The highest BCUT2D eigenvalue weighted by molar-refractivity contribution is 5.79. The van der Waals surface area contributed by atoms with Gasteiger partial charge in [-0.05, 0) is 93.3 Å². The summed E-state index contributed by atoms with van der Waals surface area (Å²) in [5.74, 6) is 5.88. The van der Waals surface area contributed by atoms with Gasteiger partial charge in [-0.25, -0.2) is 0 Å². The van der Waals surface area contributed by atoms with Gasteiger partial charge < -0.3 is 0 Å². The first-order valence-electron chi connectivity index (χ1n) is 10.2. The number of carbonyl (C=O) groups excluding carboxylic acids is 1. The quantitative estimate of drug-likeness (QED) is 0.646. The number of carbonyl (C=O) groups is 1. The van der Waals surface area contributed by atoms with Gasteiger partial charge in [-0.3, -0.25) is 4.79 Å². The van der Waals surface area contributed by atoms with Crippen LogP contribution in [-0.4, -0.2) is 5.78 Å². The first-order valence-corrected chi connectivity index (χ1v) is 10.2. The van der Waals surface area contributed by atoms with Gasteiger partial charge in [0.25, 0.3) is 0 Å². The summed E-state index contributed by atoms with van der Waals surface area (Å²) in [6.45, 7) is 4.25. The summed E-state index contributed by atoms with van der Waals surface area (Å²) in [6.07, 6.45) is 15.6. The fraction of sp³-hybridized carbons (Fsp3) is 0.952. The van der Waals surface area contributed by atoms with E-state index in [1.807, 2.05) is 6.92 Å². The Kier molecular flexibility index (Phi) is 3.90. The zero-order valence-electron chi connectivity index (χ0n) is 14.7. The topological polar surface area (TPSA) is 17.1 Å². The van der Waals surface area contributed by atoms with Crippen LogP contribution in [0.1, 0.15) is 84.5 Å². The predicted molar refractivity (Wildman–Crippen MR) is 90.5 cm³/mol. The second-order valence-electron chi connectivity index (χ2n) is 9.09. The van der Waals surface area contributed by atoms with Crippen LogP contribution in [0.4, 0.5) is 0 Å². The number of ketones is 1. The minimum absolute atomic E-state index is 0.396. The van der Waals surface area contributed by atoms with Crippen LogP contribution in [0.5, 0.6) is 0 Å². The molecule has 1 heteroatoms. The van der Waals surface area contributed by atoms with Gasteiger partial charge in [0.15, 0.2) is 0 Å². The van der Waals surface area contributed by atoms with Crippen molar-refractivity contribution in [1.29, 1.82) is 0 Å². The van der Waals surface area contributed by atoms with E-state index in [1.165, 1.54) is 70.6 Å². The molecule has 124 valence electrons. The van der Waals surface area contributed by atoms with E-state index < -0.39 is 0 Å². The Labute approximate surface area is 136 Å². The van der Waals surface area contributed by atoms with Crippen molar-refractivity contribution in [3.8, 4) is 0 Å². The van der Waals surface area contributed by atoms with E-state index in [0.717, 1.165) is 29.6 Å². The van der Waals surface area contributed by atoms with E-state index in [2.05, 4.69) is 6.92 Å². The highest BCUT2D eigenvalue weighted by Crippen LogP contribution is 2.65. The molecule has 0 aromatic heterocycles. The van der Waals surface area contributed by atoms with Gasteiger partial charge in [-0.15, -0.1) is 0 Å². The molecule has 1 unspecified atom stereocenters. The molecule has 0 saturated heterocycles. The molecule has 4 rings (SSSR count). The average Bonchev–Trinajstić information content (AvgIpc) is 2.94. The maximum atomic E-state index is 12.3. The molecule has 0 amide bonds. The van der Waals surface area contributed by atoms with Crippen LogP contribution in [0.25, 0.3) is 0 Å². The molecule has 0 bridgehead atoms. The van der Waals surface area contributed by atoms with E-state index >= 15 is 0 Å². The molecule has 0 radical (unpaired) electrons. The van der Waals surface area contributed by atoms with Gasteiger partial charge >= 0.3 is 0 Å². The Morgan fingerprint density at radius 2 is 1.73 bits per heavy atom. The Hall–Kier alpha value is -0.330. The predicted octanol–water partition coefficient (Wildman–Crippen LogP) is 5.62. The molecule has 0 aromatic rings. The molecule has 4 fully saturated rings. The first kappa shape index (κ1) is 15.2. The number of Topliss-reactive ketones (excluding diaryl/α,β-unsaturated/α-hetero) is 1. The summed E-state index contributed by atoms with van der Waals surface area (Å²) >= 11 is 0. The summed E-state index contributed by atoms with van der Waals surface area (Å²) in [6, 6.07) is 0. The summed E-state index contributed by atoms with van der Waals surface area (Å²) in [5.41, 5.74) is 0.397. The monoisotopic (exact) mass is 302 g/mol. The summed E-state index contributed by atoms with van der Waals surface area (Å²) in [5, 5.41) is 0. The van der Waals surface area contributed by atoms with Crippen LogP contribution in [0.3, 0.4) is 0 Å². The third-order valence-electron chi connectivity index (χ3n) is 8.75. The van der Waals surface area contributed by atoms with Crippen molar-refractivity contribution in [2.24, 2.45) is 40.9 Å². The van der Waals surface area contributed by atoms with E-state index in [9.17, 15) is 4.79 Å². The van der Waals surface area contributed by atoms with Crippen molar-refractivity contribution in [3.63, 3.8) is 0 Å². The van der Waals surface area contributed by atoms with Crippen LogP contribution in [0.2, 0.25) is 0 Å². The standard InChI is InChI=1S/C21H34O/c1-3-21-13-12-17-16-7-5-4-6-15(16)8-9-18(17)20(21)11-10-19(21)14(2)22/h15-20H,3-13H2,1-2H3/t15?,16-,17+,18+,19+,20-,21+/m0/s1. The average molecular weight is 303 g/mol. The third-order valence-corrected chi connectivity index (χ3v) is 8.75. The number of rotatable bonds is 2. The Balaban J connectivity index is 1.61. The summed E-state index contributed by atoms with van der Waals surface area (Å²) in [7, 11) is 0. The van der Waals surface area contributed by atoms with Gasteiger partial charge in [0.2, 0.25) is 0 Å². The molecule has 4 aliphatic rings. The van der Waals surface area contributed by atoms with Crippen molar-refractivity contribution < 1.29 is 4.79 Å². The lowest BCUT2D eigenvalue weighted by molar-refractivity contribution is -0.129. The first-order chi connectivity index (χ1) is 10.7. The van der Waals surface area contributed by atoms with E-state index in [-0.39, 0.29) is 0 Å². The van der Waals surface area contributed by atoms with Crippen LogP contribution in [0.15, 0.2) is 0 Å². The molecule has 0 heterocycles. The third kappa shape index (κ3) is 2.06. The Morgan fingerprint density at radius 1 is 0.909 bits per heavy atom. The molecular weight excluding hydrogens is 268 g/mol. The summed E-state index contributed by atoms with van der Waals surface area (Å²) < 4.78 is 0. The van der Waals surface area contributed by atoms with Crippen LogP contribution < -0.4 is 0 Å². The number of hydrogen-bond donors (Lipinski definition) is 0. The van der Waals surface area contributed by atoms with Crippen LogP contribution in [0, 0.1) is 40.9 Å². The van der Waals surface area contributed by atoms with Crippen molar-refractivity contribution in [1.82, 2.24) is 0 Å². The van der Waals surface area contributed by atoms with Crippen molar-refractivity contribution in [3.05, 3.63) is 0 Å². The second kappa shape index (κ2) is 5.64. The zero-order chi connectivity index (χ0) is 15.3. The minimum atomic E-state index is 0.396. The SMILES string of the molecule is CC[C@]12CC[C@H]3[C@@H](CCC4CCCC[C@@H]43)[C@@H]1CC[C@@H]2C(C)=O. The maximum Gasteiger partial charge on any atom is 0.133 e. The molecule has 0 N–H and O–H groups in total. The lowest BCUT2D eigenvalue weighted by Gasteiger charge is -2.56. The molecule has 0 aromatic carbocycles. The minimum Gasteiger partial charge on any atom is -0.300 e. The number of fused-ring (bicyclic) bond motifs is 5. The normalized spacial score (nSPS) is 50.8. The molecule has 7 atom stereocenters. The molecule has 0 aliphatic heterocycles. The van der Waals surface area contributed by atoms with Crippen molar-refractivity contribution in [2.75, 3.05) is 0 Å². The van der Waals surface area contributed by atoms with E-state index in [0.29, 0.717) is 17.1 Å². The van der Waals surface area contributed by atoms with Crippen LogP contribution >= 0.6 is 0 Å². The van der Waals surface area contributed by atoms with Gasteiger partial charge in [0.1, 0.15) is 5.78 Å². The fourth-order valence-corrected chi connectivity index (χ4v) is 7.93. The highest BCUT2D eigenvalue weighted by atomic mass is 16.1. The van der Waals surface area contributed by atoms with E-state index in [4.69, 9.17) is 0 Å². The largest absolute Gasteiger partial charge is 0.300 e. The van der Waals surface area contributed by atoms with Gasteiger partial charge in [0.05, 0.1) is 0 Å². The smallest absolute Gasteiger partial charge is 0.133 e. The maximum absolute atomic E-state index is 12.3. The number of hydrogen-bond acceptors (Lipinski definition) is 1. The molecule has 4 saturated carbocycles. The van der Waals surface area contributed by atoms with Gasteiger partial charge in [0, 0.05) is 5.92 Å². The zero-order valence-corrected chi connectivity index (χ0v) is 14.7. The van der Waals surface area contributed by atoms with Crippen molar-refractivity contribution in [2.45, 2.75) is 84.5 Å². The molecule has 4 aliphatic carbocycles. The van der Waals surface area contributed by atoms with Gasteiger partial charge in [-0.2, -0.15) is 0 Å². The summed E-state index contributed by atoms with van der Waals surface area (Å²) in [4.78, 5) is 12.3. The van der Waals surface area contributed by atoms with E-state index in [1.54, 1.807) is 0 Å². The lowest BCUT2D eigenvalue weighted by Crippen LogP contribution is -2.49. The van der Waals surface area contributed by atoms with Crippen LogP contribution in [-0.2, 0) is 4.79 Å².